The molecule has 3 rings (SSSR count). The SMILES string of the molecule is CN(C)C(=O)c1sc(N2CCCC2)c(C2CC2)c1N. The molecule has 0 spiro atoms. The van der Waals surface area contributed by atoms with E-state index in [1.807, 2.05) is 0 Å². The Balaban J connectivity index is 2.02. The van der Waals surface area contributed by atoms with Crippen LogP contribution in [0.25, 0.3) is 0 Å². The zero-order valence-electron chi connectivity index (χ0n) is 11.6. The highest BCUT2D eigenvalue weighted by atomic mass is 32.1. The first-order valence-corrected chi connectivity index (χ1v) is 7.80. The van der Waals surface area contributed by atoms with Gasteiger partial charge >= 0.3 is 0 Å². The molecule has 1 saturated heterocycles. The number of hydrogen-bond donors (Lipinski definition) is 1. The zero-order valence-corrected chi connectivity index (χ0v) is 12.4. The molecule has 0 aromatic carbocycles. The van der Waals surface area contributed by atoms with Gasteiger partial charge in [0, 0.05) is 32.7 Å². The molecular formula is C14H21N3OS. The van der Waals surface area contributed by atoms with Crippen molar-refractivity contribution in [2.24, 2.45) is 0 Å². The van der Waals surface area contributed by atoms with E-state index in [4.69, 9.17) is 5.73 Å². The van der Waals surface area contributed by atoms with E-state index in [0.717, 1.165) is 23.7 Å². The zero-order chi connectivity index (χ0) is 13.6. The lowest BCUT2D eigenvalue weighted by molar-refractivity contribution is 0.0833. The second-order valence-electron chi connectivity index (χ2n) is 5.73. The topological polar surface area (TPSA) is 49.6 Å². The summed E-state index contributed by atoms with van der Waals surface area (Å²) in [4.78, 5) is 17.0. The van der Waals surface area contributed by atoms with Gasteiger partial charge in [-0.25, -0.2) is 0 Å². The minimum absolute atomic E-state index is 0.0369. The maximum Gasteiger partial charge on any atom is 0.265 e. The van der Waals surface area contributed by atoms with E-state index in [2.05, 4.69) is 4.90 Å². The van der Waals surface area contributed by atoms with E-state index in [1.54, 1.807) is 30.3 Å². The molecule has 0 bridgehead atoms. The number of rotatable bonds is 3. The van der Waals surface area contributed by atoms with E-state index in [-0.39, 0.29) is 5.91 Å². The largest absolute Gasteiger partial charge is 0.397 e. The number of amides is 1. The van der Waals surface area contributed by atoms with Gasteiger partial charge in [0.2, 0.25) is 0 Å². The second-order valence-corrected chi connectivity index (χ2v) is 6.73. The number of hydrogen-bond acceptors (Lipinski definition) is 4. The van der Waals surface area contributed by atoms with Gasteiger partial charge in [-0.05, 0) is 31.6 Å². The molecule has 19 heavy (non-hydrogen) atoms. The Morgan fingerprint density at radius 1 is 1.32 bits per heavy atom. The standard InChI is InChI=1S/C14H21N3OS/c1-16(2)13(18)12-11(15)10(9-5-6-9)14(19-12)17-7-3-4-8-17/h9H,3-8,15H2,1-2H3. The summed E-state index contributed by atoms with van der Waals surface area (Å²) in [5.74, 6) is 0.630. The van der Waals surface area contributed by atoms with Crippen LogP contribution in [-0.2, 0) is 0 Å². The van der Waals surface area contributed by atoms with Crippen molar-refractivity contribution in [3.63, 3.8) is 0 Å². The number of anilines is 2. The van der Waals surface area contributed by atoms with Crippen molar-refractivity contribution in [1.82, 2.24) is 4.90 Å². The first-order chi connectivity index (χ1) is 9.09. The Kier molecular flexibility index (Phi) is 3.17. The van der Waals surface area contributed by atoms with Crippen molar-refractivity contribution in [2.75, 3.05) is 37.8 Å². The molecule has 2 fully saturated rings. The Morgan fingerprint density at radius 3 is 2.47 bits per heavy atom. The second kappa shape index (κ2) is 4.71. The molecule has 0 unspecified atom stereocenters. The summed E-state index contributed by atoms with van der Waals surface area (Å²) in [5.41, 5.74) is 8.29. The van der Waals surface area contributed by atoms with Crippen LogP contribution in [-0.4, -0.2) is 38.0 Å². The predicted molar refractivity (Wildman–Crippen MR) is 80.2 cm³/mol. The van der Waals surface area contributed by atoms with Crippen molar-refractivity contribution in [3.8, 4) is 0 Å². The normalized spacial score (nSPS) is 18.9. The Hall–Kier alpha value is -1.23. The third kappa shape index (κ3) is 2.20. The van der Waals surface area contributed by atoms with Gasteiger partial charge in [-0.15, -0.1) is 11.3 Å². The molecule has 2 N–H and O–H groups in total. The minimum Gasteiger partial charge on any atom is -0.397 e. The van der Waals surface area contributed by atoms with Crippen LogP contribution >= 0.6 is 11.3 Å². The number of nitrogens with zero attached hydrogens (tertiary/aromatic N) is 2. The van der Waals surface area contributed by atoms with Crippen LogP contribution in [0.2, 0.25) is 0 Å². The molecule has 104 valence electrons. The lowest BCUT2D eigenvalue weighted by Crippen LogP contribution is -2.21. The highest BCUT2D eigenvalue weighted by Gasteiger charge is 2.35. The fourth-order valence-corrected chi connectivity index (χ4v) is 4.11. The summed E-state index contributed by atoms with van der Waals surface area (Å²) in [6, 6.07) is 0. The quantitative estimate of drug-likeness (QED) is 0.925. The van der Waals surface area contributed by atoms with Gasteiger partial charge < -0.3 is 15.5 Å². The highest BCUT2D eigenvalue weighted by molar-refractivity contribution is 7.18. The van der Waals surface area contributed by atoms with Gasteiger partial charge in [-0.2, -0.15) is 0 Å². The Bertz CT molecular complexity index is 499. The van der Waals surface area contributed by atoms with E-state index in [0.29, 0.717) is 5.92 Å². The summed E-state index contributed by atoms with van der Waals surface area (Å²) >= 11 is 1.60. The number of nitrogens with two attached hydrogens (primary N) is 1. The van der Waals surface area contributed by atoms with Crippen molar-refractivity contribution in [3.05, 3.63) is 10.4 Å². The summed E-state index contributed by atoms with van der Waals surface area (Å²) in [7, 11) is 3.57. The van der Waals surface area contributed by atoms with E-state index >= 15 is 0 Å². The van der Waals surface area contributed by atoms with Crippen molar-refractivity contribution in [1.29, 1.82) is 0 Å². The van der Waals surface area contributed by atoms with Crippen molar-refractivity contribution in [2.45, 2.75) is 31.6 Å². The van der Waals surface area contributed by atoms with Gasteiger partial charge in [-0.1, -0.05) is 0 Å². The number of thiophene rings is 1. The molecule has 1 amide bonds. The van der Waals surface area contributed by atoms with Crippen LogP contribution in [0.3, 0.4) is 0 Å². The molecule has 4 nitrogen and oxygen atoms in total. The maximum atomic E-state index is 12.2. The van der Waals surface area contributed by atoms with Crippen molar-refractivity contribution < 1.29 is 4.79 Å². The van der Waals surface area contributed by atoms with Gasteiger partial charge in [0.15, 0.2) is 0 Å². The van der Waals surface area contributed by atoms with Crippen molar-refractivity contribution >= 4 is 27.9 Å². The molecule has 2 heterocycles. The fourth-order valence-electron chi connectivity index (χ4n) is 2.73. The molecule has 5 heteroatoms. The molecule has 0 radical (unpaired) electrons. The molecule has 1 aliphatic heterocycles. The van der Waals surface area contributed by atoms with Crippen LogP contribution in [0.5, 0.6) is 0 Å². The van der Waals surface area contributed by atoms with Gasteiger partial charge in [0.25, 0.3) is 5.91 Å². The van der Waals surface area contributed by atoms with Gasteiger partial charge in [0.1, 0.15) is 4.88 Å². The maximum absolute atomic E-state index is 12.2. The molecule has 1 saturated carbocycles. The molecule has 1 aromatic rings. The molecule has 0 atom stereocenters. The Labute approximate surface area is 118 Å². The minimum atomic E-state index is 0.0369. The van der Waals surface area contributed by atoms with Crippen LogP contribution in [0.15, 0.2) is 0 Å². The average molecular weight is 279 g/mol. The van der Waals surface area contributed by atoms with Crippen LogP contribution in [0, 0.1) is 0 Å². The molecular weight excluding hydrogens is 258 g/mol. The lowest BCUT2D eigenvalue weighted by Gasteiger charge is -2.17. The summed E-state index contributed by atoms with van der Waals surface area (Å²) in [5, 5.41) is 1.27. The third-order valence-electron chi connectivity index (χ3n) is 3.94. The first-order valence-electron chi connectivity index (χ1n) is 6.98. The number of nitrogen functional groups attached to an aromatic ring is 1. The van der Waals surface area contributed by atoms with Gasteiger partial charge in [-0.3, -0.25) is 4.79 Å². The number of carbonyl (C=O) groups excluding carboxylic acids is 1. The first kappa shape index (κ1) is 12.8. The average Bonchev–Trinajstić information content (AvgIpc) is 2.95. The van der Waals surface area contributed by atoms with Crippen LogP contribution in [0.1, 0.15) is 46.8 Å². The van der Waals surface area contributed by atoms with E-state index < -0.39 is 0 Å². The summed E-state index contributed by atoms with van der Waals surface area (Å²) in [6.45, 7) is 2.21. The van der Waals surface area contributed by atoms with E-state index in [1.165, 1.54) is 36.2 Å². The van der Waals surface area contributed by atoms with E-state index in [9.17, 15) is 4.79 Å². The Morgan fingerprint density at radius 2 is 1.95 bits per heavy atom. The molecule has 1 aromatic heterocycles. The van der Waals surface area contributed by atoms with Gasteiger partial charge in [0.05, 0.1) is 10.7 Å². The predicted octanol–water partition coefficient (Wildman–Crippen LogP) is 2.51. The third-order valence-corrected chi connectivity index (χ3v) is 5.21. The highest BCUT2D eigenvalue weighted by Crippen LogP contribution is 2.52. The molecule has 2 aliphatic rings. The van der Waals surface area contributed by atoms with Crippen LogP contribution < -0.4 is 10.6 Å². The number of carbonyl (C=O) groups is 1. The monoisotopic (exact) mass is 279 g/mol. The molecule has 1 aliphatic carbocycles. The lowest BCUT2D eigenvalue weighted by atomic mass is 10.1. The summed E-state index contributed by atoms with van der Waals surface area (Å²) in [6.07, 6.45) is 4.94. The fraction of sp³-hybridized carbons (Fsp3) is 0.643. The smallest absolute Gasteiger partial charge is 0.265 e. The van der Waals surface area contributed by atoms with Crippen LogP contribution in [0.4, 0.5) is 10.7 Å². The summed E-state index contributed by atoms with van der Waals surface area (Å²) < 4.78 is 0.